The highest BCUT2D eigenvalue weighted by Crippen LogP contribution is 2.47. The van der Waals surface area contributed by atoms with Crippen LogP contribution in [0, 0.1) is 0 Å². The summed E-state index contributed by atoms with van der Waals surface area (Å²) < 4.78 is 21.5. The third-order valence-electron chi connectivity index (χ3n) is 4.32. The predicted octanol–water partition coefficient (Wildman–Crippen LogP) is 2.67. The summed E-state index contributed by atoms with van der Waals surface area (Å²) in [6, 6.07) is 11.8. The minimum atomic E-state index is -1.77. The maximum absolute atomic E-state index is 13.1. The van der Waals surface area contributed by atoms with Gasteiger partial charge in [0.25, 0.3) is 5.78 Å². The van der Waals surface area contributed by atoms with Crippen molar-refractivity contribution in [2.45, 2.75) is 5.79 Å². The summed E-state index contributed by atoms with van der Waals surface area (Å²) in [7, 11) is 3.04. The molecule has 2 aromatic rings. The van der Waals surface area contributed by atoms with E-state index < -0.39 is 17.5 Å². The second kappa shape index (κ2) is 5.37. The van der Waals surface area contributed by atoms with E-state index in [9.17, 15) is 9.59 Å². The zero-order chi connectivity index (χ0) is 17.6. The Balaban J connectivity index is 1.80. The molecule has 6 heteroatoms. The lowest BCUT2D eigenvalue weighted by Gasteiger charge is -2.21. The lowest BCUT2D eigenvalue weighted by molar-refractivity contribution is -0.173. The van der Waals surface area contributed by atoms with Crippen molar-refractivity contribution in [1.29, 1.82) is 0 Å². The van der Waals surface area contributed by atoms with E-state index in [0.717, 1.165) is 0 Å². The van der Waals surface area contributed by atoms with Crippen molar-refractivity contribution in [3.8, 4) is 11.5 Å². The van der Waals surface area contributed by atoms with Gasteiger partial charge in [0.2, 0.25) is 0 Å². The van der Waals surface area contributed by atoms with Gasteiger partial charge in [-0.15, -0.1) is 0 Å². The fourth-order valence-corrected chi connectivity index (χ4v) is 3.08. The van der Waals surface area contributed by atoms with Gasteiger partial charge in [0.05, 0.1) is 30.9 Å². The summed E-state index contributed by atoms with van der Waals surface area (Å²) in [4.78, 5) is 25.3. The molecular weight excluding hydrogens is 324 g/mol. The number of hydrogen-bond acceptors (Lipinski definition) is 6. The highest BCUT2D eigenvalue weighted by Gasteiger charge is 2.58. The first-order valence-electron chi connectivity index (χ1n) is 7.59. The topological polar surface area (TPSA) is 71.1 Å². The molecule has 1 unspecified atom stereocenters. The fraction of sp³-hybridized carbons (Fsp3) is 0.158. The molecule has 0 saturated carbocycles. The Morgan fingerprint density at radius 2 is 1.76 bits per heavy atom. The maximum Gasteiger partial charge on any atom is 0.347 e. The summed E-state index contributed by atoms with van der Waals surface area (Å²) >= 11 is 0. The number of rotatable bonds is 3. The highest BCUT2D eigenvalue weighted by molar-refractivity contribution is 6.27. The molecule has 0 bridgehead atoms. The first kappa shape index (κ1) is 15.3. The molecule has 2 heterocycles. The first-order valence-corrected chi connectivity index (χ1v) is 7.59. The lowest BCUT2D eigenvalue weighted by Crippen LogP contribution is -2.34. The van der Waals surface area contributed by atoms with Crippen LogP contribution in [-0.4, -0.2) is 26.0 Å². The monoisotopic (exact) mass is 338 g/mol. The van der Waals surface area contributed by atoms with Gasteiger partial charge in [0, 0.05) is 5.56 Å². The normalized spacial score (nSPS) is 20.8. The van der Waals surface area contributed by atoms with Gasteiger partial charge >= 0.3 is 11.8 Å². The van der Waals surface area contributed by atoms with Crippen LogP contribution in [0.5, 0.6) is 11.5 Å². The van der Waals surface area contributed by atoms with Crippen LogP contribution in [0.15, 0.2) is 48.7 Å². The van der Waals surface area contributed by atoms with Crippen LogP contribution >= 0.6 is 0 Å². The molecule has 2 aliphatic heterocycles. The van der Waals surface area contributed by atoms with E-state index in [0.29, 0.717) is 28.2 Å². The van der Waals surface area contributed by atoms with Gasteiger partial charge in [-0.05, 0) is 30.3 Å². The van der Waals surface area contributed by atoms with E-state index in [4.69, 9.17) is 18.9 Å². The van der Waals surface area contributed by atoms with Crippen molar-refractivity contribution in [3.63, 3.8) is 0 Å². The Morgan fingerprint density at radius 3 is 2.52 bits per heavy atom. The van der Waals surface area contributed by atoms with Crippen molar-refractivity contribution in [2.75, 3.05) is 14.2 Å². The van der Waals surface area contributed by atoms with Crippen LogP contribution in [0.1, 0.15) is 21.5 Å². The fourth-order valence-electron chi connectivity index (χ4n) is 3.08. The SMILES string of the molecule is COc1ccc(OC)c(C2=COC3(OC(=O)c4ccccc43)C2=O)c1. The van der Waals surface area contributed by atoms with Crippen molar-refractivity contribution in [2.24, 2.45) is 0 Å². The van der Waals surface area contributed by atoms with Crippen LogP contribution in [0.25, 0.3) is 5.57 Å². The number of hydrogen-bond donors (Lipinski definition) is 0. The minimum Gasteiger partial charge on any atom is -0.497 e. The smallest absolute Gasteiger partial charge is 0.347 e. The van der Waals surface area contributed by atoms with E-state index in [1.807, 2.05) is 0 Å². The minimum absolute atomic E-state index is 0.250. The predicted molar refractivity (Wildman–Crippen MR) is 87.2 cm³/mol. The van der Waals surface area contributed by atoms with E-state index in [-0.39, 0.29) is 5.57 Å². The van der Waals surface area contributed by atoms with E-state index in [1.54, 1.807) is 42.5 Å². The van der Waals surface area contributed by atoms with Crippen molar-refractivity contribution >= 4 is 17.3 Å². The van der Waals surface area contributed by atoms with Gasteiger partial charge in [0.15, 0.2) is 0 Å². The average Bonchev–Trinajstić information content (AvgIpc) is 3.13. The highest BCUT2D eigenvalue weighted by atomic mass is 16.7. The van der Waals surface area contributed by atoms with Gasteiger partial charge in [-0.25, -0.2) is 4.79 Å². The van der Waals surface area contributed by atoms with Crippen LogP contribution < -0.4 is 9.47 Å². The van der Waals surface area contributed by atoms with E-state index in [1.165, 1.54) is 20.5 Å². The molecule has 0 saturated heterocycles. The summed E-state index contributed by atoms with van der Waals surface area (Å²) in [6.07, 6.45) is 1.30. The molecular formula is C19H14O6. The van der Waals surface area contributed by atoms with Crippen molar-refractivity contribution < 1.29 is 28.5 Å². The van der Waals surface area contributed by atoms with Crippen LogP contribution in [0.2, 0.25) is 0 Å². The molecule has 6 nitrogen and oxygen atoms in total. The molecule has 0 radical (unpaired) electrons. The first-order chi connectivity index (χ1) is 12.1. The largest absolute Gasteiger partial charge is 0.497 e. The maximum atomic E-state index is 13.1. The number of benzene rings is 2. The third kappa shape index (κ3) is 2.04. The molecule has 126 valence electrons. The second-order valence-electron chi connectivity index (χ2n) is 5.60. The molecule has 1 spiro atoms. The Hall–Kier alpha value is -3.28. The van der Waals surface area contributed by atoms with Gasteiger partial charge < -0.3 is 18.9 Å². The van der Waals surface area contributed by atoms with E-state index in [2.05, 4.69) is 0 Å². The molecule has 25 heavy (non-hydrogen) atoms. The Labute approximate surface area is 143 Å². The zero-order valence-electron chi connectivity index (χ0n) is 13.6. The quantitative estimate of drug-likeness (QED) is 0.801. The number of esters is 1. The molecule has 0 amide bonds. The Morgan fingerprint density at radius 1 is 0.960 bits per heavy atom. The molecule has 2 aromatic carbocycles. The van der Waals surface area contributed by atoms with Gasteiger partial charge in [-0.2, -0.15) is 0 Å². The lowest BCUT2D eigenvalue weighted by atomic mass is 9.93. The van der Waals surface area contributed by atoms with Crippen molar-refractivity contribution in [3.05, 3.63) is 65.4 Å². The van der Waals surface area contributed by atoms with Gasteiger partial charge in [-0.1, -0.05) is 12.1 Å². The number of methoxy groups -OCH3 is 2. The number of Topliss-reactive ketones (excluding diaryl/α,β-unsaturated/α-hetero) is 1. The van der Waals surface area contributed by atoms with Crippen molar-refractivity contribution in [1.82, 2.24) is 0 Å². The Bertz CT molecular complexity index is 929. The number of ether oxygens (including phenoxy) is 4. The van der Waals surface area contributed by atoms with Gasteiger partial charge in [-0.3, -0.25) is 4.79 Å². The average molecular weight is 338 g/mol. The molecule has 4 rings (SSSR count). The molecule has 0 fully saturated rings. The van der Waals surface area contributed by atoms with E-state index >= 15 is 0 Å². The molecule has 1 atom stereocenters. The zero-order valence-corrected chi connectivity index (χ0v) is 13.6. The van der Waals surface area contributed by atoms with Gasteiger partial charge in [0.1, 0.15) is 17.8 Å². The number of ketones is 1. The number of carbonyl (C=O) groups is 2. The molecule has 0 aliphatic carbocycles. The summed E-state index contributed by atoms with van der Waals surface area (Å²) in [5.74, 6) is -1.77. The van der Waals surface area contributed by atoms with Crippen LogP contribution in [0.3, 0.4) is 0 Å². The molecule has 0 N–H and O–H groups in total. The van der Waals surface area contributed by atoms with Crippen LogP contribution in [0.4, 0.5) is 0 Å². The summed E-state index contributed by atoms with van der Waals surface area (Å²) in [6.45, 7) is 0. The Kier molecular flexibility index (Phi) is 3.28. The number of carbonyl (C=O) groups excluding carboxylic acids is 2. The number of fused-ring (bicyclic) bond motifs is 2. The standard InChI is InChI=1S/C19H14O6/c1-22-11-7-8-16(23-2)13(9-11)14-10-24-19(17(14)20)15-6-4-3-5-12(15)18(21)25-19/h3-10H,1-2H3. The molecule has 0 aromatic heterocycles. The summed E-state index contributed by atoms with van der Waals surface area (Å²) in [5, 5.41) is 0. The summed E-state index contributed by atoms with van der Waals surface area (Å²) in [5.41, 5.74) is 1.48. The molecule has 2 aliphatic rings. The second-order valence-corrected chi connectivity index (χ2v) is 5.60. The van der Waals surface area contributed by atoms with Crippen LogP contribution in [-0.2, 0) is 20.1 Å². The third-order valence-corrected chi connectivity index (χ3v) is 4.32.